The van der Waals surface area contributed by atoms with Gasteiger partial charge in [0.25, 0.3) is 0 Å². The van der Waals surface area contributed by atoms with Crippen LogP contribution in [0.3, 0.4) is 0 Å². The van der Waals surface area contributed by atoms with Crippen molar-refractivity contribution in [2.24, 2.45) is 16.7 Å². The highest BCUT2D eigenvalue weighted by Gasteiger charge is 2.70. The number of rotatable bonds is 0. The highest BCUT2D eigenvalue weighted by atomic mass is 16.4. The van der Waals surface area contributed by atoms with Gasteiger partial charge in [0.05, 0.1) is 17.5 Å². The molecule has 4 nitrogen and oxygen atoms in total. The maximum Gasteiger partial charge on any atom is 0.407 e. The van der Waals surface area contributed by atoms with Crippen molar-refractivity contribution in [3.8, 4) is 6.07 Å². The second-order valence-corrected chi connectivity index (χ2v) is 5.76. The largest absolute Gasteiger partial charge is 0.465 e. The lowest BCUT2D eigenvalue weighted by molar-refractivity contribution is 0.0820. The van der Waals surface area contributed by atoms with Gasteiger partial charge < -0.3 is 10.0 Å². The van der Waals surface area contributed by atoms with Gasteiger partial charge in [0, 0.05) is 6.54 Å². The molecule has 1 aliphatic carbocycles. The van der Waals surface area contributed by atoms with E-state index in [1.807, 2.05) is 20.8 Å². The van der Waals surface area contributed by atoms with Crippen molar-refractivity contribution in [3.63, 3.8) is 0 Å². The molecule has 0 aromatic carbocycles. The Morgan fingerprint density at radius 3 is 2.60 bits per heavy atom. The molecule has 3 atom stereocenters. The number of nitrogens with zero attached hydrogens (tertiary/aromatic N) is 2. The second-order valence-electron chi connectivity index (χ2n) is 5.76. The lowest BCUT2D eigenvalue weighted by atomic mass is 9.77. The molecule has 1 heterocycles. The summed E-state index contributed by atoms with van der Waals surface area (Å²) in [5.41, 5.74) is -0.560. The number of carbonyl (C=O) groups is 1. The average Bonchev–Trinajstić information content (AvgIpc) is 2.69. The summed E-state index contributed by atoms with van der Waals surface area (Å²) in [6.45, 7) is 6.55. The average molecular weight is 208 g/mol. The number of nitriles is 1. The Kier molecular flexibility index (Phi) is 1.82. The molecule has 0 aromatic heterocycles. The van der Waals surface area contributed by atoms with Crippen molar-refractivity contribution in [1.29, 1.82) is 5.26 Å². The van der Waals surface area contributed by atoms with Gasteiger partial charge in [0.15, 0.2) is 0 Å². The first kappa shape index (κ1) is 10.3. The summed E-state index contributed by atoms with van der Waals surface area (Å²) in [4.78, 5) is 12.6. The van der Waals surface area contributed by atoms with E-state index in [0.717, 1.165) is 6.42 Å². The van der Waals surface area contributed by atoms with Gasteiger partial charge >= 0.3 is 6.09 Å². The Hall–Kier alpha value is -1.24. The van der Waals surface area contributed by atoms with Gasteiger partial charge in [-0.1, -0.05) is 20.8 Å². The molecule has 2 aliphatic rings. The quantitative estimate of drug-likeness (QED) is 0.661. The van der Waals surface area contributed by atoms with Gasteiger partial charge in [-0.15, -0.1) is 0 Å². The summed E-state index contributed by atoms with van der Waals surface area (Å²) in [7, 11) is 0. The molecule has 1 amide bonds. The third-order valence-electron chi connectivity index (χ3n) is 3.64. The van der Waals surface area contributed by atoms with E-state index >= 15 is 0 Å². The maximum absolute atomic E-state index is 11.1. The monoisotopic (exact) mass is 208 g/mol. The first-order valence-corrected chi connectivity index (χ1v) is 5.24. The van der Waals surface area contributed by atoms with Crippen molar-refractivity contribution in [1.82, 2.24) is 4.90 Å². The number of piperidine rings is 1. The predicted octanol–water partition coefficient (Wildman–Crippen LogP) is 1.92. The van der Waals surface area contributed by atoms with Gasteiger partial charge in [-0.05, 0) is 17.8 Å². The van der Waals surface area contributed by atoms with Crippen LogP contribution < -0.4 is 0 Å². The molecular weight excluding hydrogens is 192 g/mol. The van der Waals surface area contributed by atoms with E-state index in [2.05, 4.69) is 6.07 Å². The first-order chi connectivity index (χ1) is 6.83. The molecule has 4 heteroatoms. The molecule has 2 rings (SSSR count). The molecule has 1 unspecified atom stereocenters. The molecule has 0 radical (unpaired) electrons. The van der Waals surface area contributed by atoms with E-state index in [1.165, 1.54) is 4.90 Å². The van der Waals surface area contributed by atoms with Crippen LogP contribution in [0.1, 0.15) is 27.2 Å². The molecule has 1 saturated carbocycles. The van der Waals surface area contributed by atoms with Gasteiger partial charge in [-0.25, -0.2) is 4.79 Å². The van der Waals surface area contributed by atoms with E-state index in [0.29, 0.717) is 6.54 Å². The Bertz CT molecular complexity index is 353. The van der Waals surface area contributed by atoms with Crippen molar-refractivity contribution < 1.29 is 9.90 Å². The lowest BCUT2D eigenvalue weighted by Gasteiger charge is -2.37. The third-order valence-corrected chi connectivity index (χ3v) is 3.64. The molecule has 1 N–H and O–H groups in total. The van der Waals surface area contributed by atoms with Crippen LogP contribution in [-0.4, -0.2) is 28.7 Å². The minimum Gasteiger partial charge on any atom is -0.465 e. The van der Waals surface area contributed by atoms with Crippen molar-refractivity contribution in [3.05, 3.63) is 0 Å². The van der Waals surface area contributed by atoms with E-state index in [9.17, 15) is 10.1 Å². The van der Waals surface area contributed by atoms with Gasteiger partial charge in [-0.2, -0.15) is 5.26 Å². The van der Waals surface area contributed by atoms with Crippen molar-refractivity contribution in [2.45, 2.75) is 33.2 Å². The smallest absolute Gasteiger partial charge is 0.407 e. The van der Waals surface area contributed by atoms with Crippen molar-refractivity contribution >= 4 is 6.09 Å². The fourth-order valence-corrected chi connectivity index (χ4v) is 3.16. The van der Waals surface area contributed by atoms with Gasteiger partial charge in [0.1, 0.15) is 0 Å². The number of carboxylic acid groups (broad SMARTS) is 1. The Balaban J connectivity index is 2.36. The van der Waals surface area contributed by atoms with Crippen LogP contribution in [0.2, 0.25) is 0 Å². The number of likely N-dealkylation sites (tertiary alicyclic amines) is 1. The van der Waals surface area contributed by atoms with Crippen LogP contribution in [-0.2, 0) is 0 Å². The fourth-order valence-electron chi connectivity index (χ4n) is 3.16. The zero-order valence-corrected chi connectivity index (χ0v) is 9.32. The van der Waals surface area contributed by atoms with Crippen LogP contribution >= 0.6 is 0 Å². The van der Waals surface area contributed by atoms with Crippen LogP contribution in [0.5, 0.6) is 0 Å². The molecule has 1 aliphatic heterocycles. The first-order valence-electron chi connectivity index (χ1n) is 5.24. The maximum atomic E-state index is 11.1. The molecule has 15 heavy (non-hydrogen) atoms. The standard InChI is InChI=1S/C11H16N2O2/c1-10(2,3)8-11(6-12)4-7(11)5-13(8)9(14)15/h7-8H,4-5H2,1-3H3,(H,14,15)/t7-,8?,11+/m1/s1. The summed E-state index contributed by atoms with van der Waals surface area (Å²) in [6.07, 6.45) is -0.0216. The summed E-state index contributed by atoms with van der Waals surface area (Å²) in [5.74, 6) is 0.267. The van der Waals surface area contributed by atoms with E-state index in [-0.39, 0.29) is 17.4 Å². The number of hydrogen-bond acceptors (Lipinski definition) is 2. The SMILES string of the molecule is CC(C)(C)C1N(C(=O)O)C[C@H]2C[C@@]12C#N. The summed E-state index contributed by atoms with van der Waals surface area (Å²) >= 11 is 0. The zero-order chi connectivity index (χ0) is 11.4. The number of amides is 1. The molecule has 82 valence electrons. The molecule has 0 bridgehead atoms. The lowest BCUT2D eigenvalue weighted by Crippen LogP contribution is -2.48. The summed E-state index contributed by atoms with van der Waals surface area (Å²) < 4.78 is 0. The Morgan fingerprint density at radius 2 is 2.20 bits per heavy atom. The molecule has 2 fully saturated rings. The van der Waals surface area contributed by atoms with E-state index < -0.39 is 11.5 Å². The van der Waals surface area contributed by atoms with Crippen LogP contribution in [0.15, 0.2) is 0 Å². The molecular formula is C11H16N2O2. The van der Waals surface area contributed by atoms with Gasteiger partial charge in [-0.3, -0.25) is 0 Å². The third kappa shape index (κ3) is 1.22. The highest BCUT2D eigenvalue weighted by Crippen LogP contribution is 2.64. The Labute approximate surface area is 89.5 Å². The fraction of sp³-hybridized carbons (Fsp3) is 0.818. The predicted molar refractivity (Wildman–Crippen MR) is 54.1 cm³/mol. The molecule has 0 aromatic rings. The van der Waals surface area contributed by atoms with Crippen LogP contribution in [0, 0.1) is 28.1 Å². The number of hydrogen-bond donors (Lipinski definition) is 1. The minimum atomic E-state index is -0.892. The minimum absolute atomic E-state index is 0.155. The number of fused-ring (bicyclic) bond motifs is 1. The zero-order valence-electron chi connectivity index (χ0n) is 9.32. The summed E-state index contributed by atoms with van der Waals surface area (Å²) in [5, 5.41) is 18.3. The summed E-state index contributed by atoms with van der Waals surface area (Å²) in [6, 6.07) is 2.20. The van der Waals surface area contributed by atoms with Gasteiger partial charge in [0.2, 0.25) is 0 Å². The van der Waals surface area contributed by atoms with Crippen molar-refractivity contribution in [2.75, 3.05) is 6.54 Å². The van der Waals surface area contributed by atoms with Crippen LogP contribution in [0.4, 0.5) is 4.79 Å². The molecule has 0 spiro atoms. The second kappa shape index (κ2) is 2.66. The topological polar surface area (TPSA) is 64.3 Å². The molecule has 1 saturated heterocycles. The highest BCUT2D eigenvalue weighted by molar-refractivity contribution is 5.67. The van der Waals surface area contributed by atoms with E-state index in [4.69, 9.17) is 5.11 Å². The van der Waals surface area contributed by atoms with Crippen LogP contribution in [0.25, 0.3) is 0 Å². The normalized spacial score (nSPS) is 38.4. The Morgan fingerprint density at radius 1 is 1.60 bits per heavy atom. The van der Waals surface area contributed by atoms with E-state index in [1.54, 1.807) is 0 Å².